The van der Waals surface area contributed by atoms with Crippen LogP contribution in [0.25, 0.3) is 0 Å². The second kappa shape index (κ2) is 5.04. The topological polar surface area (TPSA) is 43.8 Å². The summed E-state index contributed by atoms with van der Waals surface area (Å²) in [5.41, 5.74) is 0.696. The van der Waals surface area contributed by atoms with Crippen LogP contribution in [0.2, 0.25) is 0 Å². The Balaban J connectivity index is 1.99. The molecular weight excluding hydrogens is 365 g/mol. The average molecular weight is 379 g/mol. The SMILES string of the molecule is C[C@@H]1CN(C(=O)O)C[C@H]2Cc3cc(Br)c(C(F)(F)F)cc3N21. The highest BCUT2D eigenvalue weighted by Gasteiger charge is 2.42. The Hall–Kier alpha value is -1.44. The van der Waals surface area contributed by atoms with Crippen LogP contribution in [0, 0.1) is 0 Å². The molecule has 0 unspecified atom stereocenters. The summed E-state index contributed by atoms with van der Waals surface area (Å²) >= 11 is 2.99. The molecule has 1 aromatic carbocycles. The molecule has 8 heteroatoms. The zero-order chi connectivity index (χ0) is 16.2. The number of carbonyl (C=O) groups is 1. The molecule has 0 aliphatic carbocycles. The molecule has 1 aromatic rings. The molecule has 2 aliphatic rings. The fourth-order valence-electron chi connectivity index (χ4n) is 3.41. The minimum atomic E-state index is -4.42. The van der Waals surface area contributed by atoms with Gasteiger partial charge in [-0.05, 0) is 31.0 Å². The van der Waals surface area contributed by atoms with E-state index in [1.165, 1.54) is 17.0 Å². The van der Waals surface area contributed by atoms with Gasteiger partial charge in [-0.15, -0.1) is 0 Å². The van der Waals surface area contributed by atoms with Gasteiger partial charge in [-0.1, -0.05) is 15.9 Å². The monoisotopic (exact) mass is 378 g/mol. The van der Waals surface area contributed by atoms with Crippen molar-refractivity contribution in [2.24, 2.45) is 0 Å². The van der Waals surface area contributed by atoms with E-state index in [2.05, 4.69) is 15.9 Å². The highest BCUT2D eigenvalue weighted by molar-refractivity contribution is 9.10. The van der Waals surface area contributed by atoms with Crippen LogP contribution in [0.5, 0.6) is 0 Å². The van der Waals surface area contributed by atoms with Gasteiger partial charge >= 0.3 is 12.3 Å². The van der Waals surface area contributed by atoms with Gasteiger partial charge in [0.15, 0.2) is 0 Å². The lowest BCUT2D eigenvalue weighted by Crippen LogP contribution is -2.57. The van der Waals surface area contributed by atoms with Gasteiger partial charge in [0.1, 0.15) is 0 Å². The zero-order valence-corrected chi connectivity index (χ0v) is 13.3. The predicted molar refractivity (Wildman–Crippen MR) is 78.2 cm³/mol. The number of alkyl halides is 3. The van der Waals surface area contributed by atoms with Crippen molar-refractivity contribution in [3.8, 4) is 0 Å². The molecule has 0 aromatic heterocycles. The van der Waals surface area contributed by atoms with Crippen molar-refractivity contribution in [1.29, 1.82) is 0 Å². The van der Waals surface area contributed by atoms with Crippen molar-refractivity contribution in [2.75, 3.05) is 18.0 Å². The van der Waals surface area contributed by atoms with Gasteiger partial charge in [-0.25, -0.2) is 4.79 Å². The van der Waals surface area contributed by atoms with E-state index < -0.39 is 17.8 Å². The van der Waals surface area contributed by atoms with Gasteiger partial charge in [0, 0.05) is 29.3 Å². The fraction of sp³-hybridized carbons (Fsp3) is 0.500. The summed E-state index contributed by atoms with van der Waals surface area (Å²) in [6.45, 7) is 2.45. The maximum absolute atomic E-state index is 13.1. The van der Waals surface area contributed by atoms with E-state index in [1.54, 1.807) is 0 Å². The van der Waals surface area contributed by atoms with Gasteiger partial charge in [-0.2, -0.15) is 13.2 Å². The van der Waals surface area contributed by atoms with Crippen molar-refractivity contribution < 1.29 is 23.1 Å². The molecule has 1 N–H and O–H groups in total. The zero-order valence-electron chi connectivity index (χ0n) is 11.7. The number of piperazine rings is 1. The summed E-state index contributed by atoms with van der Waals surface area (Å²) in [6, 6.07) is 2.42. The first-order valence-corrected chi connectivity index (χ1v) is 7.63. The van der Waals surface area contributed by atoms with Crippen molar-refractivity contribution in [2.45, 2.75) is 31.6 Å². The lowest BCUT2D eigenvalue weighted by molar-refractivity contribution is -0.138. The molecule has 2 heterocycles. The number of benzene rings is 1. The molecule has 0 spiro atoms. The number of fused-ring (bicyclic) bond motifs is 3. The predicted octanol–water partition coefficient (Wildman–Crippen LogP) is 3.58. The lowest BCUT2D eigenvalue weighted by Gasteiger charge is -2.42. The number of halogens is 4. The van der Waals surface area contributed by atoms with E-state index in [4.69, 9.17) is 5.11 Å². The van der Waals surface area contributed by atoms with Crippen LogP contribution in [-0.2, 0) is 12.6 Å². The molecule has 2 aliphatic heterocycles. The third-order valence-electron chi connectivity index (χ3n) is 4.26. The van der Waals surface area contributed by atoms with Gasteiger partial charge in [-0.3, -0.25) is 0 Å². The number of anilines is 1. The number of rotatable bonds is 0. The third kappa shape index (κ3) is 2.43. The molecule has 1 fully saturated rings. The largest absolute Gasteiger partial charge is 0.465 e. The van der Waals surface area contributed by atoms with Gasteiger partial charge < -0.3 is 14.9 Å². The Morgan fingerprint density at radius 1 is 1.36 bits per heavy atom. The van der Waals surface area contributed by atoms with E-state index in [9.17, 15) is 18.0 Å². The molecule has 0 saturated carbocycles. The van der Waals surface area contributed by atoms with Gasteiger partial charge in [0.05, 0.1) is 11.6 Å². The van der Waals surface area contributed by atoms with E-state index >= 15 is 0 Å². The molecule has 0 bridgehead atoms. The van der Waals surface area contributed by atoms with Crippen LogP contribution in [0.3, 0.4) is 0 Å². The van der Waals surface area contributed by atoms with Crippen LogP contribution >= 0.6 is 15.9 Å². The Bertz CT molecular complexity index is 635. The number of hydrogen-bond acceptors (Lipinski definition) is 2. The van der Waals surface area contributed by atoms with E-state index in [-0.39, 0.29) is 16.6 Å². The molecule has 22 heavy (non-hydrogen) atoms. The number of carboxylic acid groups (broad SMARTS) is 1. The second-order valence-corrected chi connectivity index (χ2v) is 6.61. The summed E-state index contributed by atoms with van der Waals surface area (Å²) in [5, 5.41) is 9.14. The summed E-state index contributed by atoms with van der Waals surface area (Å²) in [5.74, 6) is 0. The van der Waals surface area contributed by atoms with E-state index in [0.29, 0.717) is 25.2 Å². The van der Waals surface area contributed by atoms with Crippen molar-refractivity contribution in [1.82, 2.24) is 4.90 Å². The first kappa shape index (κ1) is 15.5. The Kier molecular flexibility index (Phi) is 3.54. The second-order valence-electron chi connectivity index (χ2n) is 5.76. The minimum Gasteiger partial charge on any atom is -0.465 e. The summed E-state index contributed by atoms with van der Waals surface area (Å²) in [7, 11) is 0. The van der Waals surface area contributed by atoms with Crippen LogP contribution in [-0.4, -0.2) is 41.3 Å². The van der Waals surface area contributed by atoms with Crippen LogP contribution in [0.15, 0.2) is 16.6 Å². The normalized spacial score (nSPS) is 24.2. The number of amides is 1. The Morgan fingerprint density at radius 2 is 2.05 bits per heavy atom. The molecule has 1 amide bonds. The third-order valence-corrected chi connectivity index (χ3v) is 4.92. The summed E-state index contributed by atoms with van der Waals surface area (Å²) in [4.78, 5) is 14.4. The Labute approximate surface area is 133 Å². The minimum absolute atomic E-state index is 0.0290. The smallest absolute Gasteiger partial charge is 0.417 e. The first-order valence-electron chi connectivity index (χ1n) is 6.84. The Morgan fingerprint density at radius 3 is 2.64 bits per heavy atom. The fourth-order valence-corrected chi connectivity index (χ4v) is 4.03. The van der Waals surface area contributed by atoms with Crippen LogP contribution in [0.1, 0.15) is 18.1 Å². The summed E-state index contributed by atoms with van der Waals surface area (Å²) < 4.78 is 39.2. The molecule has 120 valence electrons. The molecule has 1 saturated heterocycles. The van der Waals surface area contributed by atoms with Crippen LogP contribution < -0.4 is 4.90 Å². The first-order chi connectivity index (χ1) is 10.2. The molecule has 3 rings (SSSR count). The number of hydrogen-bond donors (Lipinski definition) is 1. The van der Waals surface area contributed by atoms with Crippen molar-refractivity contribution in [3.63, 3.8) is 0 Å². The van der Waals surface area contributed by atoms with E-state index in [0.717, 1.165) is 5.56 Å². The highest BCUT2D eigenvalue weighted by Crippen LogP contribution is 2.44. The van der Waals surface area contributed by atoms with Gasteiger partial charge in [0.25, 0.3) is 0 Å². The summed E-state index contributed by atoms with van der Waals surface area (Å²) in [6.07, 6.45) is -4.85. The van der Waals surface area contributed by atoms with E-state index in [1.807, 2.05) is 11.8 Å². The number of nitrogens with zero attached hydrogens (tertiary/aromatic N) is 2. The molecule has 0 radical (unpaired) electrons. The lowest BCUT2D eigenvalue weighted by atomic mass is 10.1. The highest BCUT2D eigenvalue weighted by atomic mass is 79.9. The molecule has 4 nitrogen and oxygen atoms in total. The quantitative estimate of drug-likeness (QED) is 0.750. The van der Waals surface area contributed by atoms with Crippen molar-refractivity contribution in [3.05, 3.63) is 27.7 Å². The van der Waals surface area contributed by atoms with Crippen molar-refractivity contribution >= 4 is 27.7 Å². The molecule has 2 atom stereocenters. The maximum Gasteiger partial charge on any atom is 0.417 e. The van der Waals surface area contributed by atoms with Gasteiger partial charge in [0.2, 0.25) is 0 Å². The standard InChI is InChI=1S/C14H14BrF3N2O2/c1-7-5-19(13(21)22)6-9-2-8-3-11(15)10(14(16,17)18)4-12(8)20(7)9/h3-4,7,9H,2,5-6H2,1H3,(H,21,22)/t7-,9-/m1/s1. The average Bonchev–Trinajstić information content (AvgIpc) is 2.73. The molecular formula is C14H14BrF3N2O2. The van der Waals surface area contributed by atoms with Crippen LogP contribution in [0.4, 0.5) is 23.7 Å². The maximum atomic E-state index is 13.1.